The lowest BCUT2D eigenvalue weighted by molar-refractivity contribution is 0.0919. The molecule has 0 unspecified atom stereocenters. The first-order valence-corrected chi connectivity index (χ1v) is 6.05. The molecule has 4 heteroatoms. The molecule has 3 rings (SSSR count). The first-order valence-electron chi connectivity index (χ1n) is 5.68. The summed E-state index contributed by atoms with van der Waals surface area (Å²) in [6, 6.07) is 6.05. The molecule has 0 saturated heterocycles. The summed E-state index contributed by atoms with van der Waals surface area (Å²) in [7, 11) is 0. The van der Waals surface area contributed by atoms with Crippen LogP contribution < -0.4 is 5.32 Å². The van der Waals surface area contributed by atoms with Gasteiger partial charge in [0.2, 0.25) is 0 Å². The third-order valence-electron chi connectivity index (χ3n) is 3.42. The van der Waals surface area contributed by atoms with Crippen molar-refractivity contribution in [2.75, 3.05) is 6.54 Å². The van der Waals surface area contributed by atoms with E-state index in [2.05, 4.69) is 16.8 Å². The zero-order chi connectivity index (χ0) is 12.2. The van der Waals surface area contributed by atoms with Crippen molar-refractivity contribution >= 4 is 28.4 Å². The van der Waals surface area contributed by atoms with Gasteiger partial charge >= 0.3 is 0 Å². The second-order valence-electron chi connectivity index (χ2n) is 4.57. The van der Waals surface area contributed by atoms with Gasteiger partial charge in [-0.15, -0.1) is 0 Å². The van der Waals surface area contributed by atoms with Crippen LogP contribution in [-0.4, -0.2) is 17.0 Å². The maximum Gasteiger partial charge on any atom is 0.268 e. The molecule has 88 valence electrons. The maximum atomic E-state index is 11.8. The summed E-state index contributed by atoms with van der Waals surface area (Å²) < 4.78 is 2.09. The molecule has 1 aromatic carbocycles. The van der Waals surface area contributed by atoms with Gasteiger partial charge in [0.15, 0.2) is 0 Å². The van der Waals surface area contributed by atoms with Crippen molar-refractivity contribution in [1.82, 2.24) is 9.88 Å². The van der Waals surface area contributed by atoms with E-state index < -0.39 is 0 Å². The molecule has 1 amide bonds. The number of amides is 1. The summed E-state index contributed by atoms with van der Waals surface area (Å²) in [6.07, 6.45) is 0. The molecule has 0 fully saturated rings. The van der Waals surface area contributed by atoms with Gasteiger partial charge in [-0.05, 0) is 31.5 Å². The number of nitrogens with one attached hydrogen (secondary N) is 1. The van der Waals surface area contributed by atoms with E-state index in [9.17, 15) is 4.79 Å². The van der Waals surface area contributed by atoms with Gasteiger partial charge in [-0.25, -0.2) is 0 Å². The molecule has 2 aromatic rings. The van der Waals surface area contributed by atoms with Gasteiger partial charge in [0, 0.05) is 23.0 Å². The topological polar surface area (TPSA) is 34.0 Å². The van der Waals surface area contributed by atoms with E-state index in [1.807, 2.05) is 25.1 Å². The molecule has 1 N–H and O–H groups in total. The molecule has 0 saturated carbocycles. The third-order valence-corrected chi connectivity index (χ3v) is 3.83. The fraction of sp³-hybridized carbons (Fsp3) is 0.308. The number of hydrogen-bond donors (Lipinski definition) is 1. The molecule has 2 heterocycles. The molecule has 0 radical (unpaired) electrons. The largest absolute Gasteiger partial charge is 0.349 e. The summed E-state index contributed by atoms with van der Waals surface area (Å²) in [4.78, 5) is 11.8. The van der Waals surface area contributed by atoms with Crippen molar-refractivity contribution in [3.8, 4) is 0 Å². The normalized spacial score (nSPS) is 19.2. The van der Waals surface area contributed by atoms with Crippen LogP contribution in [0.5, 0.6) is 0 Å². The van der Waals surface area contributed by atoms with E-state index in [0.29, 0.717) is 6.54 Å². The maximum absolute atomic E-state index is 11.8. The van der Waals surface area contributed by atoms with Gasteiger partial charge in [0.05, 0.1) is 5.52 Å². The van der Waals surface area contributed by atoms with Crippen LogP contribution in [0.3, 0.4) is 0 Å². The SMILES string of the molecule is Cc1c(Cl)ccc2cc3n(c12)[C@@H](C)CNC3=O. The Morgan fingerprint density at radius 2 is 2.24 bits per heavy atom. The summed E-state index contributed by atoms with van der Waals surface area (Å²) in [6.45, 7) is 4.77. The lowest BCUT2D eigenvalue weighted by Gasteiger charge is -2.24. The quantitative estimate of drug-likeness (QED) is 0.764. The van der Waals surface area contributed by atoms with E-state index in [-0.39, 0.29) is 11.9 Å². The van der Waals surface area contributed by atoms with E-state index in [0.717, 1.165) is 27.2 Å². The highest BCUT2D eigenvalue weighted by molar-refractivity contribution is 6.32. The lowest BCUT2D eigenvalue weighted by atomic mass is 10.1. The Kier molecular flexibility index (Phi) is 2.20. The molecule has 1 aliphatic heterocycles. The molecule has 1 aromatic heterocycles. The van der Waals surface area contributed by atoms with Crippen LogP contribution in [0.2, 0.25) is 5.02 Å². The first kappa shape index (κ1) is 10.7. The highest BCUT2D eigenvalue weighted by atomic mass is 35.5. The van der Waals surface area contributed by atoms with Gasteiger partial charge < -0.3 is 9.88 Å². The van der Waals surface area contributed by atoms with Crippen molar-refractivity contribution in [2.24, 2.45) is 0 Å². The fourth-order valence-electron chi connectivity index (χ4n) is 2.53. The van der Waals surface area contributed by atoms with Crippen molar-refractivity contribution in [3.63, 3.8) is 0 Å². The van der Waals surface area contributed by atoms with E-state index in [1.54, 1.807) is 0 Å². The minimum atomic E-state index is -0.00479. The predicted octanol–water partition coefficient (Wildman–Crippen LogP) is 2.91. The van der Waals surface area contributed by atoms with E-state index in [1.165, 1.54) is 0 Å². The second-order valence-corrected chi connectivity index (χ2v) is 4.98. The minimum Gasteiger partial charge on any atom is -0.349 e. The molecular formula is C13H13ClN2O. The third kappa shape index (κ3) is 1.39. The number of hydrogen-bond acceptors (Lipinski definition) is 1. The number of aryl methyl sites for hydroxylation is 1. The van der Waals surface area contributed by atoms with Crippen LogP contribution >= 0.6 is 11.6 Å². The molecule has 0 aliphatic carbocycles. The average molecular weight is 249 g/mol. The van der Waals surface area contributed by atoms with E-state index in [4.69, 9.17) is 11.6 Å². The van der Waals surface area contributed by atoms with Crippen molar-refractivity contribution in [3.05, 3.63) is 34.5 Å². The summed E-state index contributed by atoms with van der Waals surface area (Å²) >= 11 is 6.16. The standard InChI is InChI=1S/C13H13ClN2O/c1-7-6-15-13(17)11-5-9-3-4-10(14)8(2)12(9)16(7)11/h3-5,7H,6H2,1-2H3,(H,15,17)/t7-/m0/s1. The summed E-state index contributed by atoms with van der Waals surface area (Å²) in [5, 5.41) is 4.71. The van der Waals surface area contributed by atoms with Gasteiger partial charge in [-0.1, -0.05) is 17.7 Å². The second kappa shape index (κ2) is 3.50. The molecule has 1 atom stereocenters. The number of halogens is 1. The van der Waals surface area contributed by atoms with Crippen LogP contribution in [0.15, 0.2) is 18.2 Å². The Labute approximate surface area is 104 Å². The van der Waals surface area contributed by atoms with Crippen LogP contribution in [0, 0.1) is 6.92 Å². The highest BCUT2D eigenvalue weighted by Gasteiger charge is 2.25. The first-order chi connectivity index (χ1) is 8.09. The van der Waals surface area contributed by atoms with Gasteiger partial charge in [0.25, 0.3) is 5.91 Å². The van der Waals surface area contributed by atoms with Gasteiger partial charge in [0.1, 0.15) is 5.69 Å². The number of carbonyl (C=O) groups excluding carboxylic acids is 1. The number of carbonyl (C=O) groups is 1. The molecule has 3 nitrogen and oxygen atoms in total. The highest BCUT2D eigenvalue weighted by Crippen LogP contribution is 2.32. The van der Waals surface area contributed by atoms with Gasteiger partial charge in [-0.2, -0.15) is 0 Å². The molecule has 0 bridgehead atoms. The van der Waals surface area contributed by atoms with Crippen LogP contribution in [0.25, 0.3) is 10.9 Å². The number of nitrogens with zero attached hydrogens (tertiary/aromatic N) is 1. The Balaban J connectivity index is 2.44. The monoisotopic (exact) mass is 248 g/mol. The molecule has 1 aliphatic rings. The lowest BCUT2D eigenvalue weighted by Crippen LogP contribution is -2.37. The average Bonchev–Trinajstić information content (AvgIpc) is 2.70. The van der Waals surface area contributed by atoms with Gasteiger partial charge in [-0.3, -0.25) is 4.79 Å². The zero-order valence-electron chi connectivity index (χ0n) is 9.75. The Hall–Kier alpha value is -1.48. The predicted molar refractivity (Wildman–Crippen MR) is 68.7 cm³/mol. The smallest absolute Gasteiger partial charge is 0.268 e. The Morgan fingerprint density at radius 3 is 3.00 bits per heavy atom. The fourth-order valence-corrected chi connectivity index (χ4v) is 2.68. The number of fused-ring (bicyclic) bond motifs is 3. The zero-order valence-corrected chi connectivity index (χ0v) is 10.5. The van der Waals surface area contributed by atoms with E-state index >= 15 is 0 Å². The molecule has 0 spiro atoms. The Morgan fingerprint density at radius 1 is 1.47 bits per heavy atom. The molecule has 17 heavy (non-hydrogen) atoms. The number of benzene rings is 1. The number of rotatable bonds is 0. The number of aromatic nitrogens is 1. The van der Waals surface area contributed by atoms with Crippen molar-refractivity contribution < 1.29 is 4.79 Å². The summed E-state index contributed by atoms with van der Waals surface area (Å²) in [5.41, 5.74) is 2.84. The van der Waals surface area contributed by atoms with Crippen LogP contribution in [0.1, 0.15) is 29.0 Å². The van der Waals surface area contributed by atoms with Crippen molar-refractivity contribution in [1.29, 1.82) is 0 Å². The van der Waals surface area contributed by atoms with Crippen LogP contribution in [-0.2, 0) is 0 Å². The molecular weight excluding hydrogens is 236 g/mol. The minimum absolute atomic E-state index is 0.00479. The Bertz CT molecular complexity index is 630. The van der Waals surface area contributed by atoms with Crippen LogP contribution in [0.4, 0.5) is 0 Å². The van der Waals surface area contributed by atoms with Crippen molar-refractivity contribution in [2.45, 2.75) is 19.9 Å². The summed E-state index contributed by atoms with van der Waals surface area (Å²) in [5.74, 6) is -0.00479.